The molecule has 1 aromatic carbocycles. The predicted molar refractivity (Wildman–Crippen MR) is 80.0 cm³/mol. The second-order valence-corrected chi connectivity index (χ2v) is 6.26. The number of rotatable bonds is 5. The Balaban J connectivity index is 2.14. The Hall–Kier alpha value is -1.79. The summed E-state index contributed by atoms with van der Waals surface area (Å²) in [4.78, 5) is 0.161. The molecule has 2 rings (SSSR count). The second-order valence-electron chi connectivity index (χ2n) is 4.73. The lowest BCUT2D eigenvalue weighted by Crippen LogP contribution is -2.14. The van der Waals surface area contributed by atoms with Crippen LogP contribution in [0.5, 0.6) is 0 Å². The van der Waals surface area contributed by atoms with Gasteiger partial charge < -0.3 is 9.88 Å². The zero-order chi connectivity index (χ0) is 14.8. The minimum Gasteiger partial charge on any atom is -0.381 e. The quantitative estimate of drug-likeness (QED) is 0.886. The molecule has 0 saturated heterocycles. The first-order valence-corrected chi connectivity index (χ1v) is 7.97. The average Bonchev–Trinajstić information content (AvgIpc) is 2.84. The number of aryl methyl sites for hydroxylation is 2. The maximum absolute atomic E-state index is 11.5. The Morgan fingerprint density at radius 3 is 2.65 bits per heavy atom. The van der Waals surface area contributed by atoms with Crippen molar-refractivity contribution in [1.82, 2.24) is 4.57 Å². The topological polar surface area (TPSA) is 77.1 Å². The smallest absolute Gasteiger partial charge is 0.238 e. The van der Waals surface area contributed by atoms with Gasteiger partial charge in [0.1, 0.15) is 0 Å². The molecular weight excluding hydrogens is 274 g/mol. The lowest BCUT2D eigenvalue weighted by molar-refractivity contribution is 0.597. The molecule has 0 atom stereocenters. The maximum Gasteiger partial charge on any atom is 0.238 e. The number of nitrogens with one attached hydrogen (secondary N) is 1. The summed E-state index contributed by atoms with van der Waals surface area (Å²) in [7, 11) is -3.68. The number of hydrogen-bond acceptors (Lipinski definition) is 3. The first-order valence-electron chi connectivity index (χ1n) is 6.42. The fourth-order valence-corrected chi connectivity index (χ4v) is 2.82. The molecule has 0 aliphatic heterocycles. The molecule has 108 valence electrons. The number of primary sulfonamides is 1. The maximum atomic E-state index is 11.5. The molecule has 0 amide bonds. The third kappa shape index (κ3) is 3.40. The molecule has 6 heteroatoms. The Labute approximate surface area is 119 Å². The highest BCUT2D eigenvalue weighted by Crippen LogP contribution is 2.19. The summed E-state index contributed by atoms with van der Waals surface area (Å²) < 4.78 is 25.0. The zero-order valence-corrected chi connectivity index (χ0v) is 12.4. The molecule has 0 spiro atoms. The number of nitrogens with zero attached hydrogens (tertiary/aromatic N) is 1. The molecule has 1 aromatic heterocycles. The van der Waals surface area contributed by atoms with Gasteiger partial charge in [-0.25, -0.2) is 13.6 Å². The molecule has 0 aliphatic rings. The standard InChI is InChI=1S/C14H19N3O2S/c1-3-17-7-6-12(10-17)9-16-13-5-4-11(2)14(8-13)20(15,18)19/h4-8,10,16H,3,9H2,1-2H3,(H2,15,18,19). The van der Waals surface area contributed by atoms with Crippen molar-refractivity contribution in [1.29, 1.82) is 0 Å². The van der Waals surface area contributed by atoms with Gasteiger partial charge in [0.05, 0.1) is 4.90 Å². The molecule has 0 fully saturated rings. The molecule has 0 radical (unpaired) electrons. The Morgan fingerprint density at radius 2 is 2.05 bits per heavy atom. The minimum atomic E-state index is -3.68. The lowest BCUT2D eigenvalue weighted by atomic mass is 10.2. The van der Waals surface area contributed by atoms with Crippen molar-refractivity contribution in [2.24, 2.45) is 5.14 Å². The van der Waals surface area contributed by atoms with Gasteiger partial charge in [-0.15, -0.1) is 0 Å². The Morgan fingerprint density at radius 1 is 1.30 bits per heavy atom. The zero-order valence-electron chi connectivity index (χ0n) is 11.6. The van der Waals surface area contributed by atoms with Crippen molar-refractivity contribution in [3.63, 3.8) is 0 Å². The van der Waals surface area contributed by atoms with E-state index in [1.807, 2.05) is 18.3 Å². The number of aromatic nitrogens is 1. The van der Waals surface area contributed by atoms with Crippen LogP contribution in [0, 0.1) is 6.92 Å². The van der Waals surface area contributed by atoms with Crippen molar-refractivity contribution >= 4 is 15.7 Å². The Bertz CT molecular complexity index is 705. The summed E-state index contributed by atoms with van der Waals surface area (Å²) in [6.07, 6.45) is 4.07. The van der Waals surface area contributed by atoms with Crippen LogP contribution in [-0.2, 0) is 23.1 Å². The average molecular weight is 293 g/mol. The molecule has 20 heavy (non-hydrogen) atoms. The molecule has 1 heterocycles. The van der Waals surface area contributed by atoms with E-state index in [2.05, 4.69) is 23.0 Å². The van der Waals surface area contributed by atoms with Crippen LogP contribution in [0.4, 0.5) is 5.69 Å². The van der Waals surface area contributed by atoms with Crippen molar-refractivity contribution in [2.45, 2.75) is 31.8 Å². The number of sulfonamides is 1. The van der Waals surface area contributed by atoms with E-state index in [1.165, 1.54) is 0 Å². The van der Waals surface area contributed by atoms with Crippen LogP contribution in [0.1, 0.15) is 18.1 Å². The van der Waals surface area contributed by atoms with Crippen LogP contribution in [0.3, 0.4) is 0 Å². The lowest BCUT2D eigenvalue weighted by Gasteiger charge is -2.09. The first-order chi connectivity index (χ1) is 9.40. The molecule has 5 nitrogen and oxygen atoms in total. The van der Waals surface area contributed by atoms with Crippen molar-refractivity contribution in [2.75, 3.05) is 5.32 Å². The fourth-order valence-electron chi connectivity index (χ4n) is 2.01. The van der Waals surface area contributed by atoms with E-state index in [0.29, 0.717) is 12.1 Å². The van der Waals surface area contributed by atoms with E-state index >= 15 is 0 Å². The Kier molecular flexibility index (Phi) is 4.15. The van der Waals surface area contributed by atoms with E-state index < -0.39 is 10.0 Å². The monoisotopic (exact) mass is 293 g/mol. The predicted octanol–water partition coefficient (Wildman–Crippen LogP) is 2.08. The highest BCUT2D eigenvalue weighted by Gasteiger charge is 2.11. The van der Waals surface area contributed by atoms with Gasteiger partial charge in [0.15, 0.2) is 0 Å². The second kappa shape index (κ2) is 5.68. The molecule has 0 unspecified atom stereocenters. The number of benzene rings is 1. The van der Waals surface area contributed by atoms with E-state index in [0.717, 1.165) is 17.8 Å². The van der Waals surface area contributed by atoms with Gasteiger partial charge in [0.25, 0.3) is 0 Å². The normalized spacial score (nSPS) is 11.6. The van der Waals surface area contributed by atoms with Crippen molar-refractivity contribution in [3.05, 3.63) is 47.8 Å². The highest BCUT2D eigenvalue weighted by molar-refractivity contribution is 7.89. The summed E-state index contributed by atoms with van der Waals surface area (Å²) in [6.45, 7) is 5.38. The van der Waals surface area contributed by atoms with Crippen molar-refractivity contribution < 1.29 is 8.42 Å². The van der Waals surface area contributed by atoms with Gasteiger partial charge in [0.2, 0.25) is 10.0 Å². The third-order valence-electron chi connectivity index (χ3n) is 3.17. The van der Waals surface area contributed by atoms with E-state index in [-0.39, 0.29) is 4.90 Å². The van der Waals surface area contributed by atoms with Gasteiger partial charge in [-0.05, 0) is 43.2 Å². The molecule has 0 saturated carbocycles. The molecule has 0 aliphatic carbocycles. The summed E-state index contributed by atoms with van der Waals surface area (Å²) in [5.41, 5.74) is 2.53. The number of hydrogen-bond donors (Lipinski definition) is 2. The van der Waals surface area contributed by atoms with E-state index in [1.54, 1.807) is 19.1 Å². The molecular formula is C14H19N3O2S. The first kappa shape index (κ1) is 14.6. The van der Waals surface area contributed by atoms with Crippen molar-refractivity contribution in [3.8, 4) is 0 Å². The van der Waals surface area contributed by atoms with Gasteiger partial charge in [-0.1, -0.05) is 6.07 Å². The molecule has 0 bridgehead atoms. The largest absolute Gasteiger partial charge is 0.381 e. The summed E-state index contributed by atoms with van der Waals surface area (Å²) in [5.74, 6) is 0. The van der Waals surface area contributed by atoms with Gasteiger partial charge >= 0.3 is 0 Å². The van der Waals surface area contributed by atoms with Crippen LogP contribution in [0.25, 0.3) is 0 Å². The summed E-state index contributed by atoms with van der Waals surface area (Å²) in [5, 5.41) is 8.40. The van der Waals surface area contributed by atoms with Crippen LogP contribution in [-0.4, -0.2) is 13.0 Å². The van der Waals surface area contributed by atoms with Gasteiger partial charge in [-0.3, -0.25) is 0 Å². The fraction of sp³-hybridized carbons (Fsp3) is 0.286. The van der Waals surface area contributed by atoms with Crippen LogP contribution < -0.4 is 10.5 Å². The SMILES string of the molecule is CCn1ccc(CNc2ccc(C)c(S(N)(=O)=O)c2)c1. The van der Waals surface area contributed by atoms with Gasteiger partial charge in [0, 0.05) is 31.2 Å². The summed E-state index contributed by atoms with van der Waals surface area (Å²) >= 11 is 0. The number of anilines is 1. The highest BCUT2D eigenvalue weighted by atomic mass is 32.2. The molecule has 3 N–H and O–H groups in total. The van der Waals surface area contributed by atoms with Crippen LogP contribution in [0.2, 0.25) is 0 Å². The molecule has 2 aromatic rings. The summed E-state index contributed by atoms with van der Waals surface area (Å²) in [6, 6.07) is 7.20. The van der Waals surface area contributed by atoms with Gasteiger partial charge in [-0.2, -0.15) is 0 Å². The van der Waals surface area contributed by atoms with Crippen LogP contribution in [0.15, 0.2) is 41.6 Å². The van der Waals surface area contributed by atoms with E-state index in [4.69, 9.17) is 5.14 Å². The minimum absolute atomic E-state index is 0.161. The number of nitrogens with two attached hydrogens (primary N) is 1. The van der Waals surface area contributed by atoms with E-state index in [9.17, 15) is 8.42 Å². The van der Waals surface area contributed by atoms with Crippen LogP contribution >= 0.6 is 0 Å². The third-order valence-corrected chi connectivity index (χ3v) is 4.22.